The maximum atomic E-state index is 13.4. The number of ether oxygens (including phenoxy) is 2. The van der Waals surface area contributed by atoms with Crippen molar-refractivity contribution in [3.05, 3.63) is 47.3 Å². The van der Waals surface area contributed by atoms with Gasteiger partial charge in [0.2, 0.25) is 5.95 Å². The van der Waals surface area contributed by atoms with Gasteiger partial charge >= 0.3 is 12.2 Å². The summed E-state index contributed by atoms with van der Waals surface area (Å²) in [5.41, 5.74) is 7.73. The summed E-state index contributed by atoms with van der Waals surface area (Å²) in [6.07, 6.45) is 0.204. The molecule has 0 saturated heterocycles. The number of anilines is 5. The Morgan fingerprint density at radius 3 is 2.24 bits per heavy atom. The van der Waals surface area contributed by atoms with Gasteiger partial charge in [-0.3, -0.25) is 0 Å². The van der Waals surface area contributed by atoms with E-state index in [4.69, 9.17) is 15.2 Å². The Morgan fingerprint density at radius 2 is 1.62 bits per heavy atom. The van der Waals surface area contributed by atoms with Crippen LogP contribution in [-0.2, 0) is 9.47 Å². The molecule has 0 aliphatic rings. The molecule has 2 heterocycles. The maximum Gasteiger partial charge on any atom is 0.435 e. The second-order valence-electron chi connectivity index (χ2n) is 10.8. The fourth-order valence-electron chi connectivity index (χ4n) is 3.27. The summed E-state index contributed by atoms with van der Waals surface area (Å²) >= 11 is 0. The van der Waals surface area contributed by atoms with Gasteiger partial charge in [-0.2, -0.15) is 9.67 Å². The molecule has 11 nitrogen and oxygen atoms in total. The number of nitrogens with zero attached hydrogens (tertiary/aromatic N) is 5. The summed E-state index contributed by atoms with van der Waals surface area (Å²) in [6.45, 7) is 15.9. The summed E-state index contributed by atoms with van der Waals surface area (Å²) in [4.78, 5) is 36.4. The lowest BCUT2D eigenvalue weighted by atomic mass is 10.2. The molecular weight excluding hydrogens is 474 g/mol. The lowest BCUT2D eigenvalue weighted by Gasteiger charge is -2.26. The second-order valence-corrected chi connectivity index (χ2v) is 10.8. The number of amides is 1. The lowest BCUT2D eigenvalue weighted by Crippen LogP contribution is -2.35. The van der Waals surface area contributed by atoms with Gasteiger partial charge in [-0.15, -0.1) is 5.10 Å². The van der Waals surface area contributed by atoms with Crippen LogP contribution in [0, 0.1) is 20.8 Å². The van der Waals surface area contributed by atoms with Gasteiger partial charge < -0.3 is 20.5 Å². The highest BCUT2D eigenvalue weighted by Gasteiger charge is 2.31. The number of carbonyl (C=O) groups is 2. The zero-order valence-corrected chi connectivity index (χ0v) is 22.8. The van der Waals surface area contributed by atoms with Crippen LogP contribution in [0.25, 0.3) is 0 Å². The molecule has 1 aromatic carbocycles. The Balaban J connectivity index is 2.09. The molecule has 0 spiro atoms. The van der Waals surface area contributed by atoms with Crippen LogP contribution >= 0.6 is 0 Å². The Kier molecular flexibility index (Phi) is 7.47. The number of nitrogen functional groups attached to an aromatic ring is 1. The van der Waals surface area contributed by atoms with Crippen LogP contribution in [0.4, 0.5) is 38.5 Å². The Labute approximate surface area is 217 Å². The van der Waals surface area contributed by atoms with E-state index in [-0.39, 0.29) is 17.6 Å². The zero-order chi connectivity index (χ0) is 27.7. The second kappa shape index (κ2) is 10.1. The van der Waals surface area contributed by atoms with Gasteiger partial charge in [0.15, 0.2) is 11.6 Å². The molecule has 0 atom stereocenters. The quantitative estimate of drug-likeness (QED) is 0.419. The third-order valence-corrected chi connectivity index (χ3v) is 4.91. The highest BCUT2D eigenvalue weighted by atomic mass is 16.6. The number of carbonyl (C=O) groups excluding carboxylic acids is 2. The minimum absolute atomic E-state index is 0.144. The minimum atomic E-state index is -0.793. The average molecular weight is 510 g/mol. The SMILES string of the molecule is Cc1ccc(N)cc1Nc1ncc(C)c(N(C(=O)OC(C)(C)C)c2cc(C)n(C(=O)OC(C)(C)C)n2)n1. The van der Waals surface area contributed by atoms with E-state index in [1.54, 1.807) is 79.8 Å². The zero-order valence-electron chi connectivity index (χ0n) is 22.8. The molecule has 0 radical (unpaired) electrons. The molecule has 37 heavy (non-hydrogen) atoms. The summed E-state index contributed by atoms with van der Waals surface area (Å²) in [5, 5.41) is 7.53. The van der Waals surface area contributed by atoms with Gasteiger partial charge in [0.25, 0.3) is 0 Å². The van der Waals surface area contributed by atoms with Crippen molar-refractivity contribution < 1.29 is 19.1 Å². The van der Waals surface area contributed by atoms with Gasteiger partial charge in [0.05, 0.1) is 5.69 Å². The van der Waals surface area contributed by atoms with Crippen LogP contribution in [0.15, 0.2) is 30.5 Å². The molecule has 3 aromatic rings. The number of nitrogens with two attached hydrogens (primary N) is 1. The Hall–Kier alpha value is -4.15. The highest BCUT2D eigenvalue weighted by Crippen LogP contribution is 2.30. The van der Waals surface area contributed by atoms with Crippen LogP contribution in [0.3, 0.4) is 0 Å². The van der Waals surface area contributed by atoms with E-state index in [2.05, 4.69) is 20.4 Å². The third-order valence-electron chi connectivity index (χ3n) is 4.91. The van der Waals surface area contributed by atoms with Crippen molar-refractivity contribution in [3.63, 3.8) is 0 Å². The molecular formula is C26H35N7O4. The highest BCUT2D eigenvalue weighted by molar-refractivity contribution is 5.95. The summed E-state index contributed by atoms with van der Waals surface area (Å²) < 4.78 is 12.2. The number of aromatic nitrogens is 4. The Bertz CT molecular complexity index is 1320. The van der Waals surface area contributed by atoms with Crippen LogP contribution in [0.2, 0.25) is 0 Å². The number of nitrogens with one attached hydrogen (secondary N) is 1. The predicted molar refractivity (Wildman–Crippen MR) is 143 cm³/mol. The molecule has 198 valence electrons. The van der Waals surface area contributed by atoms with Gasteiger partial charge in [-0.1, -0.05) is 6.07 Å². The number of aryl methyl sites for hydroxylation is 3. The number of rotatable bonds is 4. The molecule has 3 N–H and O–H groups in total. The van der Waals surface area contributed by atoms with Gasteiger partial charge in [0, 0.05) is 29.2 Å². The monoisotopic (exact) mass is 509 g/mol. The van der Waals surface area contributed by atoms with Crippen molar-refractivity contribution in [1.82, 2.24) is 19.7 Å². The maximum absolute atomic E-state index is 13.4. The van der Waals surface area contributed by atoms with E-state index >= 15 is 0 Å². The van der Waals surface area contributed by atoms with E-state index < -0.39 is 23.4 Å². The summed E-state index contributed by atoms with van der Waals surface area (Å²) in [7, 11) is 0. The van der Waals surface area contributed by atoms with Crippen molar-refractivity contribution >= 4 is 41.1 Å². The molecule has 0 fully saturated rings. The van der Waals surface area contributed by atoms with Crippen molar-refractivity contribution in [3.8, 4) is 0 Å². The van der Waals surface area contributed by atoms with Crippen molar-refractivity contribution in [2.24, 2.45) is 0 Å². The topological polar surface area (TPSA) is 137 Å². The minimum Gasteiger partial charge on any atom is -0.443 e. The van der Waals surface area contributed by atoms with Crippen LogP contribution in [0.5, 0.6) is 0 Å². The van der Waals surface area contributed by atoms with Crippen LogP contribution in [0.1, 0.15) is 58.4 Å². The fourth-order valence-corrected chi connectivity index (χ4v) is 3.27. The standard InChI is InChI=1S/C26H35N7O4/c1-15-10-11-18(27)13-19(15)29-22-28-14-16(2)21(30-22)32(23(34)36-25(4,5)6)20-12-17(3)33(31-20)24(35)37-26(7,8)9/h10-14H,27H2,1-9H3,(H,28,29,30). The van der Waals surface area contributed by atoms with Crippen molar-refractivity contribution in [1.29, 1.82) is 0 Å². The summed E-state index contributed by atoms with van der Waals surface area (Å²) in [5.74, 6) is 0.624. The van der Waals surface area contributed by atoms with E-state index in [1.807, 2.05) is 13.0 Å². The lowest BCUT2D eigenvalue weighted by molar-refractivity contribution is 0.0506. The van der Waals surface area contributed by atoms with E-state index in [0.29, 0.717) is 16.9 Å². The molecule has 2 aromatic heterocycles. The molecule has 0 saturated carbocycles. The molecule has 3 rings (SSSR count). The largest absolute Gasteiger partial charge is 0.443 e. The number of benzene rings is 1. The normalized spacial score (nSPS) is 11.7. The smallest absolute Gasteiger partial charge is 0.435 e. The molecule has 0 aliphatic heterocycles. The first-order valence-electron chi connectivity index (χ1n) is 11.8. The number of hydrogen-bond acceptors (Lipinski definition) is 9. The van der Waals surface area contributed by atoms with E-state index in [1.165, 1.54) is 4.90 Å². The molecule has 0 unspecified atom stereocenters. The van der Waals surface area contributed by atoms with Crippen molar-refractivity contribution in [2.75, 3.05) is 16.0 Å². The fraction of sp³-hybridized carbons (Fsp3) is 0.423. The van der Waals surface area contributed by atoms with Crippen molar-refractivity contribution in [2.45, 2.75) is 73.5 Å². The van der Waals surface area contributed by atoms with Gasteiger partial charge in [0.1, 0.15) is 11.2 Å². The first-order valence-corrected chi connectivity index (χ1v) is 11.8. The molecule has 11 heteroatoms. The van der Waals surface area contributed by atoms with E-state index in [0.717, 1.165) is 15.9 Å². The molecule has 0 aliphatic carbocycles. The first-order chi connectivity index (χ1) is 17.0. The van der Waals surface area contributed by atoms with Crippen LogP contribution < -0.4 is 16.0 Å². The van der Waals surface area contributed by atoms with Gasteiger partial charge in [-0.05, 0) is 80.0 Å². The van der Waals surface area contributed by atoms with Gasteiger partial charge in [-0.25, -0.2) is 19.5 Å². The predicted octanol–water partition coefficient (Wildman–Crippen LogP) is 5.78. The molecule has 1 amide bonds. The molecule has 0 bridgehead atoms. The van der Waals surface area contributed by atoms with Crippen LogP contribution in [-0.4, -0.2) is 43.1 Å². The first kappa shape index (κ1) is 27.4. The van der Waals surface area contributed by atoms with E-state index in [9.17, 15) is 9.59 Å². The summed E-state index contributed by atoms with van der Waals surface area (Å²) in [6, 6.07) is 7.04. The average Bonchev–Trinajstić information content (AvgIpc) is 3.12. The third kappa shape index (κ3) is 6.96. The Morgan fingerprint density at radius 1 is 0.973 bits per heavy atom. The number of hydrogen-bond donors (Lipinski definition) is 2.